The third-order valence-corrected chi connectivity index (χ3v) is 4.92. The summed E-state index contributed by atoms with van der Waals surface area (Å²) < 4.78 is 1.19. The minimum absolute atomic E-state index is 0.418. The first kappa shape index (κ1) is 14.7. The third kappa shape index (κ3) is 3.51. The number of aromatic nitrogens is 1. The van der Waals surface area contributed by atoms with Crippen LogP contribution in [0.2, 0.25) is 0 Å². The second-order valence-corrected chi connectivity index (χ2v) is 6.41. The molecule has 2 heterocycles. The van der Waals surface area contributed by atoms with Crippen molar-refractivity contribution in [2.75, 3.05) is 19.6 Å². The summed E-state index contributed by atoms with van der Waals surface area (Å²) in [5, 5.41) is 3.50. The predicted molar refractivity (Wildman–Crippen MR) is 89.1 cm³/mol. The Morgan fingerprint density at radius 3 is 2.86 bits per heavy atom. The van der Waals surface area contributed by atoms with E-state index < -0.39 is 0 Å². The van der Waals surface area contributed by atoms with Crippen LogP contribution in [0.25, 0.3) is 0 Å². The Labute approximate surface area is 134 Å². The van der Waals surface area contributed by atoms with Gasteiger partial charge in [0.05, 0.1) is 0 Å². The molecule has 3 rings (SSSR count). The zero-order chi connectivity index (χ0) is 14.7. The molecule has 1 saturated heterocycles. The molecular weight excluding hydrogens is 326 g/mol. The van der Waals surface area contributed by atoms with Gasteiger partial charge in [-0.15, -0.1) is 0 Å². The number of hydrogen-bond acceptors (Lipinski definition) is 3. The summed E-state index contributed by atoms with van der Waals surface area (Å²) in [5.41, 5.74) is 3.97. The molecule has 0 amide bonds. The predicted octanol–water partition coefficient (Wildman–Crippen LogP) is 3.30. The Bertz CT molecular complexity index is 600. The van der Waals surface area contributed by atoms with Crippen molar-refractivity contribution in [3.05, 3.63) is 63.9 Å². The molecule has 1 aromatic heterocycles. The van der Waals surface area contributed by atoms with Gasteiger partial charge in [0.1, 0.15) is 0 Å². The van der Waals surface area contributed by atoms with Gasteiger partial charge in [0.25, 0.3) is 0 Å². The number of nitrogens with zero attached hydrogens (tertiary/aromatic N) is 2. The summed E-state index contributed by atoms with van der Waals surface area (Å²) in [6.45, 7) is 6.22. The molecule has 1 aliphatic rings. The molecule has 1 atom stereocenters. The highest BCUT2D eigenvalue weighted by Crippen LogP contribution is 2.25. The standard InChI is InChI=1S/C17H20BrN3/c1-13-2-3-14(10-16(13)18)12-21-9-8-20-11-17(21)15-4-6-19-7-5-15/h2-7,10,17,20H,8-9,11-12H2,1H3. The molecular formula is C17H20BrN3. The van der Waals surface area contributed by atoms with Crippen LogP contribution in [-0.4, -0.2) is 29.5 Å². The van der Waals surface area contributed by atoms with Crippen LogP contribution in [0.15, 0.2) is 47.2 Å². The SMILES string of the molecule is Cc1ccc(CN2CCNCC2c2ccncc2)cc1Br. The van der Waals surface area contributed by atoms with Crippen LogP contribution in [0.3, 0.4) is 0 Å². The van der Waals surface area contributed by atoms with E-state index in [1.54, 1.807) is 0 Å². The summed E-state index contributed by atoms with van der Waals surface area (Å²) in [6, 6.07) is 11.3. The van der Waals surface area contributed by atoms with Crippen molar-refractivity contribution >= 4 is 15.9 Å². The minimum Gasteiger partial charge on any atom is -0.314 e. The van der Waals surface area contributed by atoms with Crippen LogP contribution in [0.4, 0.5) is 0 Å². The van der Waals surface area contributed by atoms with E-state index in [4.69, 9.17) is 0 Å². The van der Waals surface area contributed by atoms with Crippen molar-refractivity contribution in [3.8, 4) is 0 Å². The first-order valence-electron chi connectivity index (χ1n) is 7.34. The molecule has 4 heteroatoms. The largest absolute Gasteiger partial charge is 0.314 e. The molecule has 21 heavy (non-hydrogen) atoms. The number of hydrogen-bond donors (Lipinski definition) is 1. The molecule has 0 spiro atoms. The fraction of sp³-hybridized carbons (Fsp3) is 0.353. The Morgan fingerprint density at radius 2 is 2.10 bits per heavy atom. The summed E-state index contributed by atoms with van der Waals surface area (Å²) >= 11 is 3.63. The first-order valence-corrected chi connectivity index (χ1v) is 8.13. The Morgan fingerprint density at radius 1 is 1.29 bits per heavy atom. The molecule has 1 aromatic carbocycles. The molecule has 3 nitrogen and oxygen atoms in total. The molecule has 1 unspecified atom stereocenters. The first-order chi connectivity index (χ1) is 10.2. The summed E-state index contributed by atoms with van der Waals surface area (Å²) in [5.74, 6) is 0. The molecule has 0 bridgehead atoms. The van der Waals surface area contributed by atoms with Gasteiger partial charge in [0.15, 0.2) is 0 Å². The molecule has 1 aliphatic heterocycles. The van der Waals surface area contributed by atoms with E-state index in [0.717, 1.165) is 26.2 Å². The zero-order valence-electron chi connectivity index (χ0n) is 12.2. The van der Waals surface area contributed by atoms with Crippen molar-refractivity contribution in [3.63, 3.8) is 0 Å². The number of aryl methyl sites for hydroxylation is 1. The van der Waals surface area contributed by atoms with E-state index in [0.29, 0.717) is 6.04 Å². The fourth-order valence-electron chi connectivity index (χ4n) is 2.82. The molecule has 0 saturated carbocycles. The van der Waals surface area contributed by atoms with E-state index in [2.05, 4.69) is 68.4 Å². The second kappa shape index (κ2) is 6.69. The molecule has 1 fully saturated rings. The lowest BCUT2D eigenvalue weighted by Crippen LogP contribution is -2.45. The van der Waals surface area contributed by atoms with Gasteiger partial charge in [0.2, 0.25) is 0 Å². The highest BCUT2D eigenvalue weighted by molar-refractivity contribution is 9.10. The van der Waals surface area contributed by atoms with E-state index in [1.807, 2.05) is 12.4 Å². The van der Waals surface area contributed by atoms with E-state index in [1.165, 1.54) is 21.2 Å². The van der Waals surface area contributed by atoms with Crippen LogP contribution < -0.4 is 5.32 Å². The summed E-state index contributed by atoms with van der Waals surface area (Å²) in [7, 11) is 0. The lowest BCUT2D eigenvalue weighted by Gasteiger charge is -2.36. The highest BCUT2D eigenvalue weighted by Gasteiger charge is 2.23. The zero-order valence-corrected chi connectivity index (χ0v) is 13.8. The van der Waals surface area contributed by atoms with Gasteiger partial charge in [-0.3, -0.25) is 9.88 Å². The third-order valence-electron chi connectivity index (χ3n) is 4.07. The number of halogens is 1. The van der Waals surface area contributed by atoms with Crippen LogP contribution in [0, 0.1) is 6.92 Å². The van der Waals surface area contributed by atoms with Crippen molar-refractivity contribution in [1.82, 2.24) is 15.2 Å². The van der Waals surface area contributed by atoms with Crippen LogP contribution in [0.5, 0.6) is 0 Å². The van der Waals surface area contributed by atoms with Crippen LogP contribution in [-0.2, 0) is 6.54 Å². The second-order valence-electron chi connectivity index (χ2n) is 5.55. The Hall–Kier alpha value is -1.23. The smallest absolute Gasteiger partial charge is 0.0477 e. The van der Waals surface area contributed by atoms with Crippen LogP contribution >= 0.6 is 15.9 Å². The van der Waals surface area contributed by atoms with Crippen molar-refractivity contribution in [2.24, 2.45) is 0 Å². The highest BCUT2D eigenvalue weighted by atomic mass is 79.9. The van der Waals surface area contributed by atoms with Gasteiger partial charge < -0.3 is 5.32 Å². The summed E-state index contributed by atoms with van der Waals surface area (Å²) in [4.78, 5) is 6.67. The summed E-state index contributed by atoms with van der Waals surface area (Å²) in [6.07, 6.45) is 3.76. The quantitative estimate of drug-likeness (QED) is 0.924. The van der Waals surface area contributed by atoms with Gasteiger partial charge in [-0.05, 0) is 41.8 Å². The average molecular weight is 346 g/mol. The van der Waals surface area contributed by atoms with E-state index in [9.17, 15) is 0 Å². The number of rotatable bonds is 3. The molecule has 110 valence electrons. The Balaban J connectivity index is 1.79. The maximum atomic E-state index is 4.13. The number of piperazine rings is 1. The number of pyridine rings is 1. The monoisotopic (exact) mass is 345 g/mol. The van der Waals surface area contributed by atoms with Gasteiger partial charge in [-0.2, -0.15) is 0 Å². The lowest BCUT2D eigenvalue weighted by atomic mass is 10.0. The average Bonchev–Trinajstić information content (AvgIpc) is 2.52. The van der Waals surface area contributed by atoms with Crippen LogP contribution in [0.1, 0.15) is 22.7 Å². The Kier molecular flexibility index (Phi) is 4.68. The molecule has 0 aliphatic carbocycles. The maximum absolute atomic E-state index is 4.13. The minimum atomic E-state index is 0.418. The van der Waals surface area contributed by atoms with Crippen molar-refractivity contribution in [2.45, 2.75) is 19.5 Å². The van der Waals surface area contributed by atoms with Crippen molar-refractivity contribution < 1.29 is 0 Å². The van der Waals surface area contributed by atoms with E-state index >= 15 is 0 Å². The van der Waals surface area contributed by atoms with Gasteiger partial charge in [-0.1, -0.05) is 28.1 Å². The van der Waals surface area contributed by atoms with Gasteiger partial charge in [-0.25, -0.2) is 0 Å². The van der Waals surface area contributed by atoms with Crippen molar-refractivity contribution in [1.29, 1.82) is 0 Å². The molecule has 1 N–H and O–H groups in total. The topological polar surface area (TPSA) is 28.2 Å². The molecule has 0 radical (unpaired) electrons. The number of benzene rings is 1. The lowest BCUT2D eigenvalue weighted by molar-refractivity contribution is 0.153. The number of nitrogens with one attached hydrogen (secondary N) is 1. The normalized spacial score (nSPS) is 19.6. The van der Waals surface area contributed by atoms with Gasteiger partial charge in [0, 0.05) is 49.1 Å². The molecule has 2 aromatic rings. The maximum Gasteiger partial charge on any atom is 0.0477 e. The van der Waals surface area contributed by atoms with E-state index in [-0.39, 0.29) is 0 Å². The van der Waals surface area contributed by atoms with Gasteiger partial charge >= 0.3 is 0 Å². The fourth-order valence-corrected chi connectivity index (χ4v) is 3.25.